The summed E-state index contributed by atoms with van der Waals surface area (Å²) in [6.45, 7) is 0.0329. The number of nitrogens with zero attached hydrogens (tertiary/aromatic N) is 3. The summed E-state index contributed by atoms with van der Waals surface area (Å²) in [7, 11) is 5.99. The number of methoxy groups -OCH3 is 4. The third-order valence-electron chi connectivity index (χ3n) is 5.66. The van der Waals surface area contributed by atoms with E-state index in [1.807, 2.05) is 0 Å². The van der Waals surface area contributed by atoms with Gasteiger partial charge in [0, 0.05) is 38.3 Å². The monoisotopic (exact) mass is 487 g/mol. The maximum absolute atomic E-state index is 14.6. The minimum atomic E-state index is -0.594. The normalized spacial score (nSPS) is 15.1. The van der Waals surface area contributed by atoms with Crippen LogP contribution in [-0.4, -0.2) is 82.2 Å². The molecule has 0 saturated carbocycles. The van der Waals surface area contributed by atoms with Crippen LogP contribution >= 0.6 is 0 Å². The average Bonchev–Trinajstić information content (AvgIpc) is 3.31. The van der Waals surface area contributed by atoms with Gasteiger partial charge in [-0.3, -0.25) is 9.59 Å². The zero-order valence-electron chi connectivity index (χ0n) is 20.3. The van der Waals surface area contributed by atoms with E-state index in [4.69, 9.17) is 18.9 Å². The highest BCUT2D eigenvalue weighted by molar-refractivity contribution is 6.03. The summed E-state index contributed by atoms with van der Waals surface area (Å²) in [6, 6.07) is 10.9. The summed E-state index contributed by atoms with van der Waals surface area (Å²) >= 11 is 0. The molecule has 0 aromatic heterocycles. The third kappa shape index (κ3) is 6.14. The number of benzene rings is 2. The fourth-order valence-electron chi connectivity index (χ4n) is 3.88. The number of ether oxygens (including phenoxy) is 4. The molecule has 2 aromatic rings. The molecule has 1 heterocycles. The molecule has 9 nitrogen and oxygen atoms in total. The molecule has 1 unspecified atom stereocenters. The maximum Gasteiger partial charge on any atom is 0.262 e. The van der Waals surface area contributed by atoms with Crippen LogP contribution in [0.4, 0.5) is 4.39 Å². The van der Waals surface area contributed by atoms with Gasteiger partial charge >= 0.3 is 0 Å². The summed E-state index contributed by atoms with van der Waals surface area (Å²) < 4.78 is 35.5. The van der Waals surface area contributed by atoms with Gasteiger partial charge in [0.1, 0.15) is 30.5 Å². The highest BCUT2D eigenvalue weighted by Gasteiger charge is 2.36. The van der Waals surface area contributed by atoms with Crippen LogP contribution in [0.5, 0.6) is 11.5 Å². The molecule has 1 aliphatic rings. The molecule has 10 heteroatoms. The highest BCUT2D eigenvalue weighted by Crippen LogP contribution is 2.39. The Morgan fingerprint density at radius 2 is 1.86 bits per heavy atom. The van der Waals surface area contributed by atoms with Gasteiger partial charge in [-0.1, -0.05) is 18.2 Å². The van der Waals surface area contributed by atoms with Crippen LogP contribution in [0.1, 0.15) is 23.6 Å². The van der Waals surface area contributed by atoms with Crippen LogP contribution in [0, 0.1) is 5.82 Å². The number of carbonyl (C=O) groups is 2. The van der Waals surface area contributed by atoms with Gasteiger partial charge in [0.05, 0.1) is 32.6 Å². The van der Waals surface area contributed by atoms with E-state index in [-0.39, 0.29) is 38.6 Å². The van der Waals surface area contributed by atoms with E-state index < -0.39 is 17.8 Å². The van der Waals surface area contributed by atoms with E-state index in [2.05, 4.69) is 5.10 Å². The van der Waals surface area contributed by atoms with Crippen LogP contribution in [0.3, 0.4) is 0 Å². The molecular weight excluding hydrogens is 457 g/mol. The molecular formula is C25H30FN3O6. The Morgan fingerprint density at radius 1 is 1.09 bits per heavy atom. The molecule has 0 spiro atoms. The van der Waals surface area contributed by atoms with Crippen LogP contribution < -0.4 is 9.47 Å². The average molecular weight is 488 g/mol. The molecule has 1 aliphatic heterocycles. The first-order chi connectivity index (χ1) is 16.9. The van der Waals surface area contributed by atoms with Crippen molar-refractivity contribution in [2.75, 3.05) is 54.7 Å². The van der Waals surface area contributed by atoms with Crippen LogP contribution in [-0.2, 0) is 19.1 Å². The number of hydrazone groups is 1. The van der Waals surface area contributed by atoms with Crippen molar-refractivity contribution in [1.29, 1.82) is 0 Å². The summed E-state index contributed by atoms with van der Waals surface area (Å²) in [4.78, 5) is 27.4. The fourth-order valence-corrected chi connectivity index (χ4v) is 3.88. The molecule has 0 fully saturated rings. The Hall–Kier alpha value is -3.50. The second-order valence-electron chi connectivity index (χ2n) is 7.83. The number of rotatable bonds is 11. The van der Waals surface area contributed by atoms with Gasteiger partial charge in [0.2, 0.25) is 5.91 Å². The van der Waals surface area contributed by atoms with Gasteiger partial charge in [0.25, 0.3) is 5.91 Å². The molecule has 3 rings (SSSR count). The van der Waals surface area contributed by atoms with E-state index in [1.165, 1.54) is 37.3 Å². The second kappa shape index (κ2) is 12.3. The first-order valence-corrected chi connectivity index (χ1v) is 11.1. The summed E-state index contributed by atoms with van der Waals surface area (Å²) in [6.07, 6.45) is 0.250. The third-order valence-corrected chi connectivity index (χ3v) is 5.66. The van der Waals surface area contributed by atoms with Gasteiger partial charge < -0.3 is 23.8 Å². The topological polar surface area (TPSA) is 89.9 Å². The Labute approximate surface area is 204 Å². The fraction of sp³-hybridized carbons (Fsp3) is 0.400. The van der Waals surface area contributed by atoms with Crippen LogP contribution in [0.15, 0.2) is 47.6 Å². The molecule has 0 radical (unpaired) electrons. The number of halogens is 1. The number of amides is 2. The maximum atomic E-state index is 14.6. The van der Waals surface area contributed by atoms with Crippen molar-refractivity contribution >= 4 is 17.5 Å². The zero-order chi connectivity index (χ0) is 25.4. The molecule has 2 amide bonds. The smallest absolute Gasteiger partial charge is 0.262 e. The standard InChI is InChI=1S/C25H30FN3O6/c1-32-12-11-28(25(31)16-33-2)15-24(30)29-22(19-13-17(34-3)9-10-23(19)35-4)14-21(27-29)18-7-5-6-8-20(18)26/h5-10,13,22H,11-12,14-16H2,1-4H3. The lowest BCUT2D eigenvalue weighted by molar-refractivity contribution is -0.144. The highest BCUT2D eigenvalue weighted by atomic mass is 19.1. The van der Waals surface area contributed by atoms with E-state index >= 15 is 0 Å². The molecule has 0 saturated heterocycles. The van der Waals surface area contributed by atoms with E-state index in [9.17, 15) is 14.0 Å². The van der Waals surface area contributed by atoms with Gasteiger partial charge in [0.15, 0.2) is 0 Å². The van der Waals surface area contributed by atoms with Gasteiger partial charge in [-0.25, -0.2) is 9.40 Å². The van der Waals surface area contributed by atoms with Crippen molar-refractivity contribution in [3.05, 3.63) is 59.4 Å². The predicted molar refractivity (Wildman–Crippen MR) is 127 cm³/mol. The molecule has 0 bridgehead atoms. The van der Waals surface area contributed by atoms with Crippen molar-refractivity contribution in [2.45, 2.75) is 12.5 Å². The summed E-state index contributed by atoms with van der Waals surface area (Å²) in [5.41, 5.74) is 1.38. The molecule has 35 heavy (non-hydrogen) atoms. The lowest BCUT2D eigenvalue weighted by Gasteiger charge is -2.27. The first-order valence-electron chi connectivity index (χ1n) is 11.1. The van der Waals surface area contributed by atoms with E-state index in [1.54, 1.807) is 43.5 Å². The number of carbonyl (C=O) groups excluding carboxylic acids is 2. The SMILES string of the molecule is COCCN(CC(=O)N1N=C(c2ccccc2F)CC1c1cc(OC)ccc1OC)C(=O)COC. The Balaban J connectivity index is 1.99. The van der Waals surface area contributed by atoms with Crippen molar-refractivity contribution in [3.63, 3.8) is 0 Å². The second-order valence-corrected chi connectivity index (χ2v) is 7.83. The molecule has 188 valence electrons. The number of hydrogen-bond acceptors (Lipinski definition) is 7. The predicted octanol–water partition coefficient (Wildman–Crippen LogP) is 2.64. The minimum absolute atomic E-state index is 0.173. The Morgan fingerprint density at radius 3 is 2.51 bits per heavy atom. The summed E-state index contributed by atoms with van der Waals surface area (Å²) in [5, 5.41) is 5.80. The quantitative estimate of drug-likeness (QED) is 0.484. The summed E-state index contributed by atoms with van der Waals surface area (Å²) in [5.74, 6) is -0.124. The lowest BCUT2D eigenvalue weighted by atomic mass is 9.97. The van der Waals surface area contributed by atoms with Crippen molar-refractivity contribution in [3.8, 4) is 11.5 Å². The molecule has 1 atom stereocenters. The Bertz CT molecular complexity index is 1080. The van der Waals surface area contributed by atoms with E-state index in [0.29, 0.717) is 28.3 Å². The van der Waals surface area contributed by atoms with Crippen molar-refractivity contribution < 1.29 is 32.9 Å². The van der Waals surface area contributed by atoms with Crippen LogP contribution in [0.25, 0.3) is 0 Å². The zero-order valence-corrected chi connectivity index (χ0v) is 20.3. The first kappa shape index (κ1) is 26.1. The lowest BCUT2D eigenvalue weighted by Crippen LogP contribution is -2.44. The molecule has 0 N–H and O–H groups in total. The minimum Gasteiger partial charge on any atom is -0.497 e. The largest absolute Gasteiger partial charge is 0.497 e. The van der Waals surface area contributed by atoms with Crippen molar-refractivity contribution in [2.24, 2.45) is 5.10 Å². The molecule has 0 aliphatic carbocycles. The van der Waals surface area contributed by atoms with Crippen molar-refractivity contribution in [1.82, 2.24) is 9.91 Å². The number of hydrogen-bond donors (Lipinski definition) is 0. The molecule has 2 aromatic carbocycles. The van der Waals surface area contributed by atoms with E-state index in [0.717, 1.165) is 0 Å². The van der Waals surface area contributed by atoms with Crippen LogP contribution in [0.2, 0.25) is 0 Å². The van der Waals surface area contributed by atoms with Gasteiger partial charge in [-0.2, -0.15) is 5.10 Å². The Kier molecular flexibility index (Phi) is 9.16. The van der Waals surface area contributed by atoms with Gasteiger partial charge in [-0.05, 0) is 24.3 Å². The van der Waals surface area contributed by atoms with Gasteiger partial charge in [-0.15, -0.1) is 0 Å².